The summed E-state index contributed by atoms with van der Waals surface area (Å²) in [6.07, 6.45) is 3.22. The molecule has 1 atom stereocenters. The van der Waals surface area contributed by atoms with Gasteiger partial charge in [0.15, 0.2) is 0 Å². The Labute approximate surface area is 142 Å². The number of fused-ring (bicyclic) bond motifs is 1. The minimum atomic E-state index is 0.0926. The smallest absolute Gasteiger partial charge is 0.220 e. The van der Waals surface area contributed by atoms with Gasteiger partial charge in [-0.1, -0.05) is 24.3 Å². The lowest BCUT2D eigenvalue weighted by Gasteiger charge is -2.14. The van der Waals surface area contributed by atoms with Crippen LogP contribution < -0.4 is 14.8 Å². The summed E-state index contributed by atoms with van der Waals surface area (Å²) in [5.74, 6) is 1.69. The number of methoxy groups -OCH3 is 1. The largest absolute Gasteiger partial charge is 0.497 e. The minimum absolute atomic E-state index is 0.0926. The quantitative estimate of drug-likeness (QED) is 0.790. The second kappa shape index (κ2) is 7.86. The van der Waals surface area contributed by atoms with E-state index in [4.69, 9.17) is 9.47 Å². The normalized spacial score (nSPS) is 15.6. The van der Waals surface area contributed by atoms with Gasteiger partial charge in [-0.15, -0.1) is 0 Å². The highest BCUT2D eigenvalue weighted by atomic mass is 16.5. The first-order valence-electron chi connectivity index (χ1n) is 8.40. The second-order valence-electron chi connectivity index (χ2n) is 5.99. The third kappa shape index (κ3) is 4.07. The number of carbonyl (C=O) groups is 1. The van der Waals surface area contributed by atoms with Crippen molar-refractivity contribution in [2.45, 2.75) is 31.7 Å². The third-order valence-corrected chi connectivity index (χ3v) is 4.34. The van der Waals surface area contributed by atoms with Crippen LogP contribution >= 0.6 is 0 Å². The highest BCUT2D eigenvalue weighted by Gasteiger charge is 2.22. The van der Waals surface area contributed by atoms with Gasteiger partial charge in [0.2, 0.25) is 5.91 Å². The van der Waals surface area contributed by atoms with E-state index in [1.807, 2.05) is 30.3 Å². The van der Waals surface area contributed by atoms with Crippen LogP contribution in [0.5, 0.6) is 11.5 Å². The molecule has 2 aromatic rings. The van der Waals surface area contributed by atoms with Crippen LogP contribution in [-0.2, 0) is 11.2 Å². The number of hydrogen-bond acceptors (Lipinski definition) is 3. The Morgan fingerprint density at radius 1 is 1.12 bits per heavy atom. The molecule has 0 aliphatic heterocycles. The summed E-state index contributed by atoms with van der Waals surface area (Å²) in [4.78, 5) is 12.1. The lowest BCUT2D eigenvalue weighted by molar-refractivity contribution is -0.122. The van der Waals surface area contributed by atoms with Gasteiger partial charge in [-0.05, 0) is 54.7 Å². The van der Waals surface area contributed by atoms with Crippen LogP contribution in [0.4, 0.5) is 0 Å². The molecule has 0 bridgehead atoms. The first kappa shape index (κ1) is 16.4. The molecular weight excluding hydrogens is 302 g/mol. The van der Waals surface area contributed by atoms with Crippen LogP contribution in [0.1, 0.15) is 36.4 Å². The maximum absolute atomic E-state index is 12.1. The van der Waals surface area contributed by atoms with Crippen molar-refractivity contribution in [3.05, 3.63) is 59.7 Å². The van der Waals surface area contributed by atoms with Crippen molar-refractivity contribution >= 4 is 5.91 Å². The molecule has 0 saturated carbocycles. The standard InChI is InChI=1S/C20H23NO3/c1-23-16-9-11-17(12-10-16)24-14-4-7-20(22)21-19-13-8-15-5-2-3-6-18(15)19/h2-3,5-6,9-12,19H,4,7-8,13-14H2,1H3,(H,21,22)/t19-/m0/s1. The van der Waals surface area contributed by atoms with E-state index in [1.165, 1.54) is 11.1 Å². The van der Waals surface area contributed by atoms with Gasteiger partial charge in [0.25, 0.3) is 0 Å². The lowest BCUT2D eigenvalue weighted by Crippen LogP contribution is -2.27. The van der Waals surface area contributed by atoms with Gasteiger partial charge in [-0.2, -0.15) is 0 Å². The van der Waals surface area contributed by atoms with Crippen LogP contribution in [0.3, 0.4) is 0 Å². The van der Waals surface area contributed by atoms with Gasteiger partial charge in [-0.25, -0.2) is 0 Å². The molecule has 4 heteroatoms. The van der Waals surface area contributed by atoms with Crippen LogP contribution in [-0.4, -0.2) is 19.6 Å². The fourth-order valence-electron chi connectivity index (χ4n) is 3.07. The van der Waals surface area contributed by atoms with Gasteiger partial charge in [0.1, 0.15) is 11.5 Å². The number of amides is 1. The summed E-state index contributed by atoms with van der Waals surface area (Å²) in [6.45, 7) is 0.529. The van der Waals surface area contributed by atoms with Crippen LogP contribution in [0, 0.1) is 0 Å². The van der Waals surface area contributed by atoms with Gasteiger partial charge < -0.3 is 14.8 Å². The molecule has 2 aromatic carbocycles. The van der Waals surface area contributed by atoms with E-state index in [1.54, 1.807) is 7.11 Å². The molecule has 24 heavy (non-hydrogen) atoms. The number of carbonyl (C=O) groups excluding carboxylic acids is 1. The molecule has 1 aliphatic rings. The van der Waals surface area contributed by atoms with E-state index in [9.17, 15) is 4.79 Å². The molecule has 1 amide bonds. The summed E-state index contributed by atoms with van der Waals surface area (Å²) < 4.78 is 10.8. The summed E-state index contributed by atoms with van der Waals surface area (Å²) in [7, 11) is 1.64. The number of ether oxygens (including phenoxy) is 2. The maximum Gasteiger partial charge on any atom is 0.220 e. The molecular formula is C20H23NO3. The number of benzene rings is 2. The average molecular weight is 325 g/mol. The zero-order valence-electron chi connectivity index (χ0n) is 14.0. The fourth-order valence-corrected chi connectivity index (χ4v) is 3.07. The van der Waals surface area contributed by atoms with Crippen molar-refractivity contribution in [1.29, 1.82) is 0 Å². The van der Waals surface area contributed by atoms with E-state index in [0.29, 0.717) is 19.4 Å². The first-order valence-corrected chi connectivity index (χ1v) is 8.40. The predicted octanol–water partition coefficient (Wildman–Crippen LogP) is 3.66. The van der Waals surface area contributed by atoms with Gasteiger partial charge >= 0.3 is 0 Å². The van der Waals surface area contributed by atoms with E-state index in [-0.39, 0.29) is 11.9 Å². The van der Waals surface area contributed by atoms with E-state index >= 15 is 0 Å². The summed E-state index contributed by atoms with van der Waals surface area (Å²) >= 11 is 0. The van der Waals surface area contributed by atoms with Crippen LogP contribution in [0.15, 0.2) is 48.5 Å². The highest BCUT2D eigenvalue weighted by Crippen LogP contribution is 2.30. The molecule has 126 valence electrons. The topological polar surface area (TPSA) is 47.6 Å². The van der Waals surface area contributed by atoms with E-state index < -0.39 is 0 Å². The molecule has 1 aliphatic carbocycles. The summed E-state index contributed by atoms with van der Waals surface area (Å²) in [5.41, 5.74) is 2.62. The number of nitrogens with one attached hydrogen (secondary N) is 1. The molecule has 0 fully saturated rings. The molecule has 0 radical (unpaired) electrons. The Bertz CT molecular complexity index is 682. The second-order valence-corrected chi connectivity index (χ2v) is 5.99. The molecule has 0 aromatic heterocycles. The van der Waals surface area contributed by atoms with Crippen LogP contribution in [0.25, 0.3) is 0 Å². The summed E-state index contributed by atoms with van der Waals surface area (Å²) in [6, 6.07) is 16.0. The Morgan fingerprint density at radius 3 is 2.67 bits per heavy atom. The summed E-state index contributed by atoms with van der Waals surface area (Å²) in [5, 5.41) is 3.14. The molecule has 0 spiro atoms. The Hall–Kier alpha value is -2.49. The Morgan fingerprint density at radius 2 is 1.88 bits per heavy atom. The minimum Gasteiger partial charge on any atom is -0.497 e. The molecule has 1 N–H and O–H groups in total. The van der Waals surface area contributed by atoms with Crippen molar-refractivity contribution in [3.8, 4) is 11.5 Å². The van der Waals surface area contributed by atoms with Crippen molar-refractivity contribution in [2.75, 3.05) is 13.7 Å². The molecule has 0 heterocycles. The van der Waals surface area contributed by atoms with Gasteiger partial charge in [0.05, 0.1) is 19.8 Å². The van der Waals surface area contributed by atoms with Crippen molar-refractivity contribution < 1.29 is 14.3 Å². The molecule has 3 rings (SSSR count). The van der Waals surface area contributed by atoms with Gasteiger partial charge in [-0.3, -0.25) is 4.79 Å². The maximum atomic E-state index is 12.1. The molecule has 0 unspecified atom stereocenters. The van der Waals surface area contributed by atoms with E-state index in [2.05, 4.69) is 23.5 Å². The number of hydrogen-bond donors (Lipinski definition) is 1. The van der Waals surface area contributed by atoms with Crippen molar-refractivity contribution in [2.24, 2.45) is 0 Å². The third-order valence-electron chi connectivity index (χ3n) is 4.34. The Kier molecular flexibility index (Phi) is 5.36. The zero-order valence-corrected chi connectivity index (χ0v) is 14.0. The van der Waals surface area contributed by atoms with Crippen LogP contribution in [0.2, 0.25) is 0 Å². The number of rotatable bonds is 7. The Balaban J connectivity index is 1.38. The molecule has 4 nitrogen and oxygen atoms in total. The average Bonchev–Trinajstić information content (AvgIpc) is 3.02. The monoisotopic (exact) mass is 325 g/mol. The zero-order chi connectivity index (χ0) is 16.8. The predicted molar refractivity (Wildman–Crippen MR) is 93.4 cm³/mol. The SMILES string of the molecule is COc1ccc(OCCCC(=O)N[C@H]2CCc3ccccc32)cc1. The molecule has 0 saturated heterocycles. The van der Waals surface area contributed by atoms with Gasteiger partial charge in [0, 0.05) is 6.42 Å². The van der Waals surface area contributed by atoms with Crippen molar-refractivity contribution in [3.63, 3.8) is 0 Å². The van der Waals surface area contributed by atoms with E-state index in [0.717, 1.165) is 24.3 Å². The lowest BCUT2D eigenvalue weighted by atomic mass is 10.1. The highest BCUT2D eigenvalue weighted by molar-refractivity contribution is 5.76. The number of aryl methyl sites for hydroxylation is 1. The first-order chi connectivity index (χ1) is 11.8. The fraction of sp³-hybridized carbons (Fsp3) is 0.350. The van der Waals surface area contributed by atoms with Crippen molar-refractivity contribution in [1.82, 2.24) is 5.32 Å².